The molecule has 1 heterocycles. The highest BCUT2D eigenvalue weighted by atomic mass is 79.9. The number of fused-ring (bicyclic) bond motifs is 1. The van der Waals surface area contributed by atoms with Crippen molar-refractivity contribution in [2.75, 3.05) is 0 Å². The molecule has 0 radical (unpaired) electrons. The van der Waals surface area contributed by atoms with Crippen LogP contribution in [0.1, 0.15) is 5.56 Å². The number of halogens is 1. The van der Waals surface area contributed by atoms with Crippen molar-refractivity contribution in [1.29, 1.82) is 0 Å². The van der Waals surface area contributed by atoms with E-state index in [9.17, 15) is 20.0 Å². The second-order valence-electron chi connectivity index (χ2n) is 3.40. The van der Waals surface area contributed by atoms with E-state index < -0.39 is 22.0 Å². The minimum Gasteiger partial charge on any atom is -0.502 e. The summed E-state index contributed by atoms with van der Waals surface area (Å²) in [6.07, 6.45) is 0. The van der Waals surface area contributed by atoms with Crippen molar-refractivity contribution in [2.45, 2.75) is 6.92 Å². The maximum absolute atomic E-state index is 11.4. The number of nitro benzene ring substituents is 1. The normalized spacial score (nSPS) is 10.7. The Kier molecular flexibility index (Phi) is 2.62. The van der Waals surface area contributed by atoms with E-state index in [4.69, 9.17) is 4.42 Å². The van der Waals surface area contributed by atoms with Gasteiger partial charge in [-0.05, 0) is 40.5 Å². The topological polar surface area (TPSA) is 93.6 Å². The molecule has 1 aromatic heterocycles. The molecule has 0 saturated heterocycles. The Balaban J connectivity index is 3.06. The molecule has 17 heavy (non-hydrogen) atoms. The number of aromatic hydroxyl groups is 1. The molecule has 88 valence electrons. The summed E-state index contributed by atoms with van der Waals surface area (Å²) < 4.78 is 5.06. The Morgan fingerprint density at radius 2 is 2.12 bits per heavy atom. The van der Waals surface area contributed by atoms with Crippen molar-refractivity contribution in [3.05, 3.63) is 42.7 Å². The van der Waals surface area contributed by atoms with Gasteiger partial charge in [0.15, 0.2) is 5.75 Å². The Labute approximate surface area is 103 Å². The molecule has 0 bridgehead atoms. The van der Waals surface area contributed by atoms with Gasteiger partial charge in [0.25, 0.3) is 0 Å². The highest BCUT2D eigenvalue weighted by molar-refractivity contribution is 9.10. The minimum atomic E-state index is -0.784. The number of phenols is 1. The molecule has 0 aliphatic carbocycles. The van der Waals surface area contributed by atoms with Crippen LogP contribution in [-0.4, -0.2) is 10.0 Å². The third kappa shape index (κ3) is 1.68. The van der Waals surface area contributed by atoms with Crippen LogP contribution in [0.5, 0.6) is 5.75 Å². The van der Waals surface area contributed by atoms with E-state index in [2.05, 4.69) is 15.9 Å². The van der Waals surface area contributed by atoms with Gasteiger partial charge in [0.1, 0.15) is 4.47 Å². The molecule has 0 atom stereocenters. The summed E-state index contributed by atoms with van der Waals surface area (Å²) in [6, 6.07) is 2.65. The molecule has 0 unspecified atom stereocenters. The van der Waals surface area contributed by atoms with Gasteiger partial charge in [-0.25, -0.2) is 4.79 Å². The summed E-state index contributed by atoms with van der Waals surface area (Å²) in [5, 5.41) is 20.6. The van der Waals surface area contributed by atoms with E-state index >= 15 is 0 Å². The van der Waals surface area contributed by atoms with Crippen molar-refractivity contribution in [1.82, 2.24) is 0 Å². The van der Waals surface area contributed by atoms with E-state index in [-0.39, 0.29) is 10.1 Å². The lowest BCUT2D eigenvalue weighted by Crippen LogP contribution is -2.03. The van der Waals surface area contributed by atoms with Gasteiger partial charge < -0.3 is 9.52 Å². The van der Waals surface area contributed by atoms with E-state index in [1.807, 2.05) is 0 Å². The first-order valence-electron chi connectivity index (χ1n) is 4.52. The largest absolute Gasteiger partial charge is 0.502 e. The van der Waals surface area contributed by atoms with Gasteiger partial charge in [-0.3, -0.25) is 10.1 Å². The lowest BCUT2D eigenvalue weighted by molar-refractivity contribution is -0.384. The average Bonchev–Trinajstić information content (AvgIpc) is 2.25. The second-order valence-corrected chi connectivity index (χ2v) is 4.19. The molecule has 6 nitrogen and oxygen atoms in total. The molecule has 0 aliphatic heterocycles. The van der Waals surface area contributed by atoms with Gasteiger partial charge in [-0.1, -0.05) is 0 Å². The fraction of sp³-hybridized carbons (Fsp3) is 0.100. The molecule has 0 spiro atoms. The molecular weight excluding hydrogens is 294 g/mol. The lowest BCUT2D eigenvalue weighted by atomic mass is 10.1. The summed E-state index contributed by atoms with van der Waals surface area (Å²) in [6.45, 7) is 1.63. The fourth-order valence-electron chi connectivity index (χ4n) is 1.54. The number of phenolic OH excluding ortho intramolecular Hbond substituents is 1. The quantitative estimate of drug-likeness (QED) is 0.496. The first-order valence-corrected chi connectivity index (χ1v) is 5.32. The number of hydrogen-bond acceptors (Lipinski definition) is 5. The Morgan fingerprint density at radius 1 is 1.47 bits per heavy atom. The SMILES string of the molecule is Cc1c(Br)c(=O)oc2c([N+](=O)[O-])c(O)ccc12. The van der Waals surface area contributed by atoms with Crippen LogP contribution in [0.2, 0.25) is 0 Å². The summed E-state index contributed by atoms with van der Waals surface area (Å²) in [5.74, 6) is -0.535. The van der Waals surface area contributed by atoms with Crippen LogP contribution < -0.4 is 5.63 Å². The van der Waals surface area contributed by atoms with Crippen LogP contribution in [0.4, 0.5) is 5.69 Å². The third-order valence-corrected chi connectivity index (χ3v) is 3.32. The van der Waals surface area contributed by atoms with Crippen molar-refractivity contribution in [3.63, 3.8) is 0 Å². The van der Waals surface area contributed by atoms with Gasteiger partial charge in [0, 0.05) is 5.39 Å². The smallest absolute Gasteiger partial charge is 0.353 e. The summed E-state index contributed by atoms with van der Waals surface area (Å²) in [4.78, 5) is 21.5. The molecule has 0 fully saturated rings. The summed E-state index contributed by atoms with van der Waals surface area (Å²) >= 11 is 3.04. The second kappa shape index (κ2) is 3.85. The minimum absolute atomic E-state index is 0.213. The molecule has 0 aliphatic rings. The van der Waals surface area contributed by atoms with Gasteiger partial charge in [0.2, 0.25) is 5.58 Å². The van der Waals surface area contributed by atoms with E-state index in [1.54, 1.807) is 6.92 Å². The van der Waals surface area contributed by atoms with Crippen molar-refractivity contribution in [3.8, 4) is 5.75 Å². The zero-order valence-electron chi connectivity index (χ0n) is 8.56. The highest BCUT2D eigenvalue weighted by Crippen LogP contribution is 2.35. The molecular formula is C10H6BrNO5. The van der Waals surface area contributed by atoms with Crippen LogP contribution in [0.15, 0.2) is 25.8 Å². The van der Waals surface area contributed by atoms with Crippen molar-refractivity contribution >= 4 is 32.6 Å². The van der Waals surface area contributed by atoms with E-state index in [0.29, 0.717) is 10.9 Å². The average molecular weight is 300 g/mol. The number of hydrogen-bond donors (Lipinski definition) is 1. The number of rotatable bonds is 1. The van der Waals surface area contributed by atoms with Crippen molar-refractivity contribution < 1.29 is 14.4 Å². The maximum atomic E-state index is 11.4. The molecule has 1 aromatic carbocycles. The molecule has 2 aromatic rings. The van der Waals surface area contributed by atoms with Gasteiger partial charge in [-0.2, -0.15) is 0 Å². The number of nitro groups is 1. The Hall–Kier alpha value is -1.89. The monoisotopic (exact) mass is 299 g/mol. The maximum Gasteiger partial charge on any atom is 0.353 e. The third-order valence-electron chi connectivity index (χ3n) is 2.40. The number of nitrogens with zero attached hydrogens (tertiary/aromatic N) is 1. The Bertz CT molecular complexity index is 691. The molecule has 0 amide bonds. The molecule has 0 saturated carbocycles. The van der Waals surface area contributed by atoms with Crippen LogP contribution in [0.3, 0.4) is 0 Å². The summed E-state index contributed by atoms with van der Waals surface area (Å²) in [7, 11) is 0. The molecule has 2 rings (SSSR count). The lowest BCUT2D eigenvalue weighted by Gasteiger charge is -2.04. The predicted octanol–water partition coefficient (Wildman–Crippen LogP) is 2.48. The summed E-state index contributed by atoms with van der Waals surface area (Å²) in [5.41, 5.74) is -1.01. The fourth-order valence-corrected chi connectivity index (χ4v) is 1.84. The Morgan fingerprint density at radius 3 is 2.71 bits per heavy atom. The van der Waals surface area contributed by atoms with Crippen LogP contribution >= 0.6 is 15.9 Å². The highest BCUT2D eigenvalue weighted by Gasteiger charge is 2.23. The van der Waals surface area contributed by atoms with Crippen LogP contribution in [-0.2, 0) is 0 Å². The van der Waals surface area contributed by atoms with Gasteiger partial charge in [-0.15, -0.1) is 0 Å². The zero-order valence-corrected chi connectivity index (χ0v) is 10.1. The van der Waals surface area contributed by atoms with E-state index in [0.717, 1.165) is 0 Å². The first-order chi connectivity index (χ1) is 7.93. The van der Waals surface area contributed by atoms with E-state index in [1.165, 1.54) is 12.1 Å². The standard InChI is InChI=1S/C10H6BrNO5/c1-4-5-2-3-6(13)8(12(15)16)9(5)17-10(14)7(4)11/h2-3,13H,1H3. The number of benzene rings is 1. The number of aryl methyl sites for hydroxylation is 1. The molecule has 7 heteroatoms. The predicted molar refractivity (Wildman–Crippen MR) is 63.2 cm³/mol. The van der Waals surface area contributed by atoms with Crippen LogP contribution in [0, 0.1) is 17.0 Å². The molecule has 1 N–H and O–H groups in total. The van der Waals surface area contributed by atoms with Crippen LogP contribution in [0.25, 0.3) is 11.0 Å². The zero-order chi connectivity index (χ0) is 12.7. The first kappa shape index (κ1) is 11.6. The van der Waals surface area contributed by atoms with Gasteiger partial charge in [0.05, 0.1) is 4.92 Å². The van der Waals surface area contributed by atoms with Crippen molar-refractivity contribution in [2.24, 2.45) is 0 Å². The van der Waals surface area contributed by atoms with Gasteiger partial charge >= 0.3 is 11.3 Å².